The summed E-state index contributed by atoms with van der Waals surface area (Å²) in [5.74, 6) is 0. The van der Waals surface area contributed by atoms with Crippen molar-refractivity contribution in [3.8, 4) is 0 Å². The molecule has 0 aliphatic rings. The van der Waals surface area contributed by atoms with Gasteiger partial charge in [-0.05, 0) is 23.6 Å². The Morgan fingerprint density at radius 2 is 1.95 bits per heavy atom. The summed E-state index contributed by atoms with van der Waals surface area (Å²) in [5.41, 5.74) is 3.45. The topological polar surface area (TPSA) is 60.9 Å². The Balaban J connectivity index is 1.61. The molecule has 0 amide bonds. The standard InChI is InChI=1S/C17H19N3O/c21-12-16(8-13-4-2-1-3-5-13)18-10-14-6-7-15-11-19-20-17(15)9-14/h1-7,9,11,16,18,21H,8,10,12H2,(H,19,20)/t16-/m1/s1. The molecule has 3 aromatic rings. The van der Waals surface area contributed by atoms with Gasteiger partial charge in [-0.3, -0.25) is 5.10 Å². The van der Waals surface area contributed by atoms with Gasteiger partial charge in [0, 0.05) is 18.0 Å². The zero-order valence-corrected chi connectivity index (χ0v) is 11.8. The van der Waals surface area contributed by atoms with Crippen LogP contribution in [0.15, 0.2) is 54.7 Å². The molecule has 108 valence electrons. The predicted molar refractivity (Wildman–Crippen MR) is 84.0 cm³/mol. The number of hydrogen-bond acceptors (Lipinski definition) is 3. The van der Waals surface area contributed by atoms with Gasteiger partial charge in [0.05, 0.1) is 18.3 Å². The number of nitrogens with one attached hydrogen (secondary N) is 2. The van der Waals surface area contributed by atoms with Gasteiger partial charge >= 0.3 is 0 Å². The second-order valence-electron chi connectivity index (χ2n) is 5.24. The number of hydrogen-bond donors (Lipinski definition) is 3. The summed E-state index contributed by atoms with van der Waals surface area (Å²) in [6, 6.07) is 16.5. The van der Waals surface area contributed by atoms with E-state index in [4.69, 9.17) is 0 Å². The maximum absolute atomic E-state index is 9.53. The van der Waals surface area contributed by atoms with Crippen LogP contribution in [0.3, 0.4) is 0 Å². The Labute approximate surface area is 123 Å². The number of rotatable bonds is 6. The lowest BCUT2D eigenvalue weighted by molar-refractivity contribution is 0.241. The Morgan fingerprint density at radius 3 is 2.76 bits per heavy atom. The summed E-state index contributed by atoms with van der Waals surface area (Å²) in [4.78, 5) is 0. The maximum atomic E-state index is 9.53. The third-order valence-corrected chi connectivity index (χ3v) is 3.65. The highest BCUT2D eigenvalue weighted by Gasteiger charge is 2.08. The van der Waals surface area contributed by atoms with Crippen molar-refractivity contribution in [3.63, 3.8) is 0 Å². The van der Waals surface area contributed by atoms with E-state index in [0.29, 0.717) is 0 Å². The van der Waals surface area contributed by atoms with Crippen molar-refractivity contribution in [2.24, 2.45) is 0 Å². The molecule has 0 spiro atoms. The molecule has 0 fully saturated rings. The second-order valence-corrected chi connectivity index (χ2v) is 5.24. The van der Waals surface area contributed by atoms with E-state index >= 15 is 0 Å². The van der Waals surface area contributed by atoms with Crippen molar-refractivity contribution in [3.05, 3.63) is 65.9 Å². The van der Waals surface area contributed by atoms with Crippen LogP contribution in [0.4, 0.5) is 0 Å². The summed E-state index contributed by atoms with van der Waals surface area (Å²) in [6.07, 6.45) is 2.64. The van der Waals surface area contributed by atoms with Gasteiger partial charge in [0.15, 0.2) is 0 Å². The average Bonchev–Trinajstić information content (AvgIpc) is 3.00. The quantitative estimate of drug-likeness (QED) is 0.649. The van der Waals surface area contributed by atoms with Crippen LogP contribution in [-0.2, 0) is 13.0 Å². The molecular formula is C17H19N3O. The molecular weight excluding hydrogens is 262 g/mol. The highest BCUT2D eigenvalue weighted by Crippen LogP contribution is 2.13. The van der Waals surface area contributed by atoms with E-state index < -0.39 is 0 Å². The number of nitrogens with zero attached hydrogens (tertiary/aromatic N) is 1. The van der Waals surface area contributed by atoms with Crippen molar-refractivity contribution in [2.45, 2.75) is 19.0 Å². The first kappa shape index (κ1) is 13.8. The molecule has 0 aliphatic carbocycles. The second kappa shape index (κ2) is 6.52. The number of aromatic nitrogens is 2. The predicted octanol–water partition coefficient (Wildman–Crippen LogP) is 2.26. The molecule has 1 heterocycles. The minimum atomic E-state index is 0.0601. The zero-order chi connectivity index (χ0) is 14.5. The van der Waals surface area contributed by atoms with Gasteiger partial charge in [-0.15, -0.1) is 0 Å². The van der Waals surface area contributed by atoms with Crippen LogP contribution in [0.1, 0.15) is 11.1 Å². The lowest BCUT2D eigenvalue weighted by Crippen LogP contribution is -2.34. The van der Waals surface area contributed by atoms with Gasteiger partial charge in [-0.2, -0.15) is 5.10 Å². The zero-order valence-electron chi connectivity index (χ0n) is 11.8. The van der Waals surface area contributed by atoms with Crippen LogP contribution in [0.25, 0.3) is 10.9 Å². The molecule has 0 unspecified atom stereocenters. The number of benzene rings is 2. The van der Waals surface area contributed by atoms with E-state index in [1.54, 1.807) is 0 Å². The minimum Gasteiger partial charge on any atom is -0.395 e. The fourth-order valence-corrected chi connectivity index (χ4v) is 2.46. The van der Waals surface area contributed by atoms with Gasteiger partial charge in [0.25, 0.3) is 0 Å². The van der Waals surface area contributed by atoms with Gasteiger partial charge in [0.2, 0.25) is 0 Å². The third kappa shape index (κ3) is 3.48. The van der Waals surface area contributed by atoms with Crippen molar-refractivity contribution in [1.29, 1.82) is 0 Å². The van der Waals surface area contributed by atoms with E-state index in [2.05, 4.69) is 45.8 Å². The van der Waals surface area contributed by atoms with E-state index in [-0.39, 0.29) is 12.6 Å². The molecule has 2 aromatic carbocycles. The van der Waals surface area contributed by atoms with Gasteiger partial charge in [-0.1, -0.05) is 42.5 Å². The fraction of sp³-hybridized carbons (Fsp3) is 0.235. The molecule has 1 atom stereocenters. The van der Waals surface area contributed by atoms with Crippen LogP contribution >= 0.6 is 0 Å². The van der Waals surface area contributed by atoms with Crippen LogP contribution in [-0.4, -0.2) is 28.0 Å². The first-order valence-electron chi connectivity index (χ1n) is 7.15. The molecule has 3 rings (SSSR count). The molecule has 0 saturated heterocycles. The fourth-order valence-electron chi connectivity index (χ4n) is 2.46. The van der Waals surface area contributed by atoms with E-state index in [9.17, 15) is 5.11 Å². The van der Waals surface area contributed by atoms with E-state index in [1.165, 1.54) is 11.1 Å². The smallest absolute Gasteiger partial charge is 0.0653 e. The van der Waals surface area contributed by atoms with Crippen molar-refractivity contribution >= 4 is 10.9 Å². The number of aromatic amines is 1. The Kier molecular flexibility index (Phi) is 4.28. The first-order chi connectivity index (χ1) is 10.3. The average molecular weight is 281 g/mol. The number of aliphatic hydroxyl groups excluding tert-OH is 1. The summed E-state index contributed by atoms with van der Waals surface area (Å²) >= 11 is 0. The highest BCUT2D eigenvalue weighted by molar-refractivity contribution is 5.78. The molecule has 0 aliphatic heterocycles. The maximum Gasteiger partial charge on any atom is 0.0653 e. The van der Waals surface area contributed by atoms with Gasteiger partial charge in [0.1, 0.15) is 0 Å². The van der Waals surface area contributed by atoms with Crippen LogP contribution < -0.4 is 5.32 Å². The molecule has 21 heavy (non-hydrogen) atoms. The number of aliphatic hydroxyl groups is 1. The monoisotopic (exact) mass is 281 g/mol. The van der Waals surface area contributed by atoms with Crippen molar-refractivity contribution in [1.82, 2.24) is 15.5 Å². The van der Waals surface area contributed by atoms with Gasteiger partial charge in [-0.25, -0.2) is 0 Å². The van der Waals surface area contributed by atoms with Crippen LogP contribution in [0.5, 0.6) is 0 Å². The number of H-pyrrole nitrogens is 1. The molecule has 4 nitrogen and oxygen atoms in total. The lowest BCUT2D eigenvalue weighted by atomic mass is 10.1. The van der Waals surface area contributed by atoms with Crippen molar-refractivity contribution in [2.75, 3.05) is 6.61 Å². The Bertz CT molecular complexity index is 693. The summed E-state index contributed by atoms with van der Waals surface area (Å²) in [6.45, 7) is 0.855. The summed E-state index contributed by atoms with van der Waals surface area (Å²) in [5, 5.41) is 21.0. The van der Waals surface area contributed by atoms with Crippen LogP contribution in [0, 0.1) is 0 Å². The molecule has 1 aromatic heterocycles. The van der Waals surface area contributed by atoms with E-state index in [0.717, 1.165) is 23.9 Å². The Morgan fingerprint density at radius 1 is 1.10 bits per heavy atom. The van der Waals surface area contributed by atoms with Crippen molar-refractivity contribution < 1.29 is 5.11 Å². The van der Waals surface area contributed by atoms with Crippen LogP contribution in [0.2, 0.25) is 0 Å². The summed E-state index contributed by atoms with van der Waals surface area (Å²) in [7, 11) is 0. The Hall–Kier alpha value is -2.17. The summed E-state index contributed by atoms with van der Waals surface area (Å²) < 4.78 is 0. The minimum absolute atomic E-state index is 0.0601. The largest absolute Gasteiger partial charge is 0.395 e. The normalized spacial score (nSPS) is 12.6. The molecule has 0 saturated carbocycles. The SMILES string of the molecule is OC[C@@H](Cc1ccccc1)NCc1ccc2cn[nH]c2c1. The van der Waals surface area contributed by atoms with Gasteiger partial charge < -0.3 is 10.4 Å². The molecule has 3 N–H and O–H groups in total. The molecule has 0 radical (unpaired) electrons. The van der Waals surface area contributed by atoms with E-state index in [1.807, 2.05) is 24.4 Å². The molecule has 0 bridgehead atoms. The third-order valence-electron chi connectivity index (χ3n) is 3.65. The lowest BCUT2D eigenvalue weighted by Gasteiger charge is -2.16. The first-order valence-corrected chi connectivity index (χ1v) is 7.15. The molecule has 4 heteroatoms. The number of fused-ring (bicyclic) bond motifs is 1. The highest BCUT2D eigenvalue weighted by atomic mass is 16.3.